The van der Waals surface area contributed by atoms with Crippen LogP contribution in [0.25, 0.3) is 0 Å². The van der Waals surface area contributed by atoms with Crippen LogP contribution in [0.5, 0.6) is 0 Å². The highest BCUT2D eigenvalue weighted by Gasteiger charge is 2.19. The number of hydrogen-bond acceptors (Lipinski definition) is 6. The molecule has 0 spiro atoms. The topological polar surface area (TPSA) is 78.9 Å². The highest BCUT2D eigenvalue weighted by atomic mass is 16.6. The van der Waals surface area contributed by atoms with E-state index in [0.29, 0.717) is 19.3 Å². The molecule has 464 valence electrons. The summed E-state index contributed by atoms with van der Waals surface area (Å²) in [6.07, 6.45) is 94.1. The number of hydrogen-bond donors (Lipinski definition) is 0. The van der Waals surface area contributed by atoms with Gasteiger partial charge in [-0.1, -0.05) is 329 Å². The summed E-state index contributed by atoms with van der Waals surface area (Å²) in [5, 5.41) is 0. The lowest BCUT2D eigenvalue weighted by Gasteiger charge is -2.18. The second-order valence-electron chi connectivity index (χ2n) is 22.7. The monoisotopic (exact) mass is 1120 g/mol. The molecular formula is C75H128O6. The Morgan fingerprint density at radius 2 is 0.481 bits per heavy atom. The third-order valence-corrected chi connectivity index (χ3v) is 14.8. The zero-order chi connectivity index (χ0) is 58.5. The molecular weight excluding hydrogens is 997 g/mol. The van der Waals surface area contributed by atoms with Gasteiger partial charge in [-0.2, -0.15) is 0 Å². The Morgan fingerprint density at radius 1 is 0.259 bits per heavy atom. The van der Waals surface area contributed by atoms with Crippen molar-refractivity contribution in [1.29, 1.82) is 0 Å². The Labute approximate surface area is 501 Å². The molecule has 0 aromatic heterocycles. The lowest BCUT2D eigenvalue weighted by molar-refractivity contribution is -0.167. The molecule has 6 nitrogen and oxygen atoms in total. The Balaban J connectivity index is 4.22. The van der Waals surface area contributed by atoms with Crippen molar-refractivity contribution >= 4 is 17.9 Å². The van der Waals surface area contributed by atoms with Gasteiger partial charge in [0.1, 0.15) is 13.2 Å². The number of unbranched alkanes of at least 4 members (excludes halogenated alkanes) is 33. The van der Waals surface area contributed by atoms with Crippen LogP contribution in [-0.2, 0) is 28.6 Å². The van der Waals surface area contributed by atoms with Gasteiger partial charge in [0.25, 0.3) is 0 Å². The maximum atomic E-state index is 12.9. The average Bonchev–Trinajstić information content (AvgIpc) is 3.47. The second-order valence-corrected chi connectivity index (χ2v) is 22.7. The van der Waals surface area contributed by atoms with Crippen molar-refractivity contribution in [3.63, 3.8) is 0 Å². The molecule has 0 aliphatic rings. The van der Waals surface area contributed by atoms with E-state index in [1.54, 1.807) is 0 Å². The summed E-state index contributed by atoms with van der Waals surface area (Å²) in [5.41, 5.74) is 0. The summed E-state index contributed by atoms with van der Waals surface area (Å²) in [5.74, 6) is -0.890. The number of carbonyl (C=O) groups excluding carboxylic acids is 3. The van der Waals surface area contributed by atoms with Gasteiger partial charge < -0.3 is 14.2 Å². The van der Waals surface area contributed by atoms with E-state index in [0.717, 1.165) is 135 Å². The molecule has 0 saturated heterocycles. The normalized spacial score (nSPS) is 12.8. The van der Waals surface area contributed by atoms with E-state index in [9.17, 15) is 14.4 Å². The Bertz CT molecular complexity index is 1620. The van der Waals surface area contributed by atoms with Crippen LogP contribution in [0.1, 0.15) is 329 Å². The molecule has 0 rings (SSSR count). The molecule has 0 saturated carbocycles. The van der Waals surface area contributed by atoms with Gasteiger partial charge in [0, 0.05) is 19.3 Å². The molecule has 1 unspecified atom stereocenters. The molecule has 0 aromatic carbocycles. The summed E-state index contributed by atoms with van der Waals surface area (Å²) in [4.78, 5) is 38.2. The Morgan fingerprint density at radius 3 is 0.753 bits per heavy atom. The summed E-state index contributed by atoms with van der Waals surface area (Å²) in [6, 6.07) is 0. The molecule has 0 aliphatic heterocycles. The van der Waals surface area contributed by atoms with E-state index < -0.39 is 6.10 Å². The molecule has 0 aliphatic carbocycles. The van der Waals surface area contributed by atoms with Crippen molar-refractivity contribution in [2.45, 2.75) is 335 Å². The number of esters is 3. The zero-order valence-corrected chi connectivity index (χ0v) is 53.3. The molecule has 0 aromatic rings. The van der Waals surface area contributed by atoms with Crippen molar-refractivity contribution in [3.05, 3.63) is 109 Å². The quantitative estimate of drug-likeness (QED) is 0.0261. The van der Waals surface area contributed by atoms with E-state index in [1.807, 2.05) is 0 Å². The van der Waals surface area contributed by atoms with Crippen molar-refractivity contribution < 1.29 is 28.6 Å². The number of ether oxygens (including phenoxy) is 3. The molecule has 0 fully saturated rings. The summed E-state index contributed by atoms with van der Waals surface area (Å²) >= 11 is 0. The highest BCUT2D eigenvalue weighted by Crippen LogP contribution is 2.17. The maximum Gasteiger partial charge on any atom is 0.306 e. The SMILES string of the molecule is CC/C=C\C/C=C\C/C=C\C/C=C\C/C=C\C/C=C\C/C=C\C/C=C\C/C=C\CCCCCCCC(=O)OCC(COC(=O)CCCCCCCCCCC)OC(=O)CCCCCCCCCCCCCCCCCCCCCCC. The van der Waals surface area contributed by atoms with Gasteiger partial charge in [0.2, 0.25) is 0 Å². The van der Waals surface area contributed by atoms with Gasteiger partial charge in [-0.3, -0.25) is 14.4 Å². The van der Waals surface area contributed by atoms with E-state index in [4.69, 9.17) is 14.2 Å². The standard InChI is InChI=1S/C75H128O6/c1-4-7-10-13-16-19-21-23-25-27-29-31-32-33-34-35-36-37-38-39-40-41-42-44-45-47-49-51-53-56-59-62-65-68-74(77)80-71-72(70-79-73(76)67-64-61-58-55-18-15-12-9-6-3)81-75(78)69-66-63-60-57-54-52-50-48-46-43-30-28-26-24-22-20-17-14-11-8-5-2/h7,10,16,19,23,25,29,31,33-34,36-37,39-40,42,44,47,49,72H,4-6,8-9,11-15,17-18,20-22,24,26-28,30,32,35,38,41,43,45-46,48,50-71H2,1-3H3/b10-7-,19-16-,25-23-,31-29-,34-33-,37-36-,40-39-,44-42-,49-47-. The third kappa shape index (κ3) is 66.8. The molecule has 0 radical (unpaired) electrons. The van der Waals surface area contributed by atoms with E-state index in [2.05, 4.69) is 130 Å². The van der Waals surface area contributed by atoms with Crippen LogP contribution in [0.15, 0.2) is 109 Å². The van der Waals surface area contributed by atoms with Crippen LogP contribution in [0.4, 0.5) is 0 Å². The summed E-state index contributed by atoms with van der Waals surface area (Å²) < 4.78 is 16.9. The number of allylic oxidation sites excluding steroid dienone is 18. The van der Waals surface area contributed by atoms with Gasteiger partial charge >= 0.3 is 17.9 Å². The van der Waals surface area contributed by atoms with Crippen molar-refractivity contribution in [2.24, 2.45) is 0 Å². The number of rotatable bonds is 62. The third-order valence-electron chi connectivity index (χ3n) is 14.8. The van der Waals surface area contributed by atoms with E-state index in [1.165, 1.54) is 154 Å². The fourth-order valence-electron chi connectivity index (χ4n) is 9.67. The van der Waals surface area contributed by atoms with Crippen LogP contribution in [0.2, 0.25) is 0 Å². The van der Waals surface area contributed by atoms with Crippen LogP contribution in [0, 0.1) is 0 Å². The van der Waals surface area contributed by atoms with Crippen LogP contribution in [-0.4, -0.2) is 37.2 Å². The van der Waals surface area contributed by atoms with E-state index in [-0.39, 0.29) is 31.1 Å². The minimum atomic E-state index is -0.784. The van der Waals surface area contributed by atoms with Gasteiger partial charge in [0.15, 0.2) is 6.10 Å². The first-order valence-corrected chi connectivity index (χ1v) is 34.4. The minimum Gasteiger partial charge on any atom is -0.462 e. The molecule has 81 heavy (non-hydrogen) atoms. The smallest absolute Gasteiger partial charge is 0.306 e. The van der Waals surface area contributed by atoms with Crippen molar-refractivity contribution in [1.82, 2.24) is 0 Å². The van der Waals surface area contributed by atoms with Gasteiger partial charge in [-0.05, 0) is 89.9 Å². The van der Waals surface area contributed by atoms with E-state index >= 15 is 0 Å². The van der Waals surface area contributed by atoms with Gasteiger partial charge in [-0.25, -0.2) is 0 Å². The first kappa shape index (κ1) is 77.1. The summed E-state index contributed by atoms with van der Waals surface area (Å²) in [7, 11) is 0. The average molecular weight is 1130 g/mol. The van der Waals surface area contributed by atoms with Crippen LogP contribution < -0.4 is 0 Å². The lowest BCUT2D eigenvalue weighted by atomic mass is 10.0. The zero-order valence-electron chi connectivity index (χ0n) is 53.3. The first-order valence-electron chi connectivity index (χ1n) is 34.4. The molecule has 0 amide bonds. The largest absolute Gasteiger partial charge is 0.462 e. The molecule has 0 bridgehead atoms. The highest BCUT2D eigenvalue weighted by molar-refractivity contribution is 5.71. The fraction of sp³-hybridized carbons (Fsp3) is 0.720. The Kier molecular flexibility index (Phi) is 65.2. The Hall–Kier alpha value is -3.93. The molecule has 1 atom stereocenters. The fourth-order valence-corrected chi connectivity index (χ4v) is 9.67. The molecule has 0 N–H and O–H groups in total. The predicted molar refractivity (Wildman–Crippen MR) is 353 cm³/mol. The molecule has 6 heteroatoms. The lowest BCUT2D eigenvalue weighted by Crippen LogP contribution is -2.30. The van der Waals surface area contributed by atoms with Gasteiger partial charge in [-0.15, -0.1) is 0 Å². The predicted octanol–water partition coefficient (Wildman–Crippen LogP) is 23.8. The minimum absolute atomic E-state index is 0.0804. The molecule has 0 heterocycles. The van der Waals surface area contributed by atoms with Crippen LogP contribution in [0.3, 0.4) is 0 Å². The van der Waals surface area contributed by atoms with Crippen LogP contribution >= 0.6 is 0 Å². The maximum absolute atomic E-state index is 12.9. The second kappa shape index (κ2) is 68.6. The van der Waals surface area contributed by atoms with Gasteiger partial charge in [0.05, 0.1) is 0 Å². The number of carbonyl (C=O) groups is 3. The van der Waals surface area contributed by atoms with Crippen molar-refractivity contribution in [2.75, 3.05) is 13.2 Å². The first-order chi connectivity index (χ1) is 40.0. The summed E-state index contributed by atoms with van der Waals surface area (Å²) in [6.45, 7) is 6.53. The van der Waals surface area contributed by atoms with Crippen molar-refractivity contribution in [3.8, 4) is 0 Å².